The van der Waals surface area contributed by atoms with Gasteiger partial charge in [-0.3, -0.25) is 4.90 Å². The Labute approximate surface area is 130 Å². The van der Waals surface area contributed by atoms with Gasteiger partial charge in [0.1, 0.15) is 12.4 Å². The predicted molar refractivity (Wildman–Crippen MR) is 83.5 cm³/mol. The zero-order valence-electron chi connectivity index (χ0n) is 12.5. The molecular formula is C17H20N2O3. The number of morpholine rings is 1. The van der Waals surface area contributed by atoms with E-state index >= 15 is 0 Å². The second kappa shape index (κ2) is 7.77. The van der Waals surface area contributed by atoms with Gasteiger partial charge in [0.2, 0.25) is 11.8 Å². The SMILES string of the molecule is c1ccc(Oc2cccc(OCCN3CCOCC3)n2)cc1. The van der Waals surface area contributed by atoms with Crippen molar-refractivity contribution in [2.75, 3.05) is 39.5 Å². The van der Waals surface area contributed by atoms with Crippen molar-refractivity contribution in [1.29, 1.82) is 0 Å². The lowest BCUT2D eigenvalue weighted by atomic mass is 10.3. The topological polar surface area (TPSA) is 43.8 Å². The molecule has 1 aliphatic rings. The number of hydrogen-bond donors (Lipinski definition) is 0. The lowest BCUT2D eigenvalue weighted by Gasteiger charge is -2.26. The van der Waals surface area contributed by atoms with Gasteiger partial charge in [-0.25, -0.2) is 0 Å². The van der Waals surface area contributed by atoms with Gasteiger partial charge < -0.3 is 14.2 Å². The summed E-state index contributed by atoms with van der Waals surface area (Å²) in [6, 6.07) is 15.1. The highest BCUT2D eigenvalue weighted by molar-refractivity contribution is 5.28. The summed E-state index contributed by atoms with van der Waals surface area (Å²) in [5, 5.41) is 0. The molecule has 1 aliphatic heterocycles. The average molecular weight is 300 g/mol. The maximum Gasteiger partial charge on any atom is 0.222 e. The number of para-hydroxylation sites is 1. The van der Waals surface area contributed by atoms with Crippen LogP contribution >= 0.6 is 0 Å². The molecule has 5 nitrogen and oxygen atoms in total. The van der Waals surface area contributed by atoms with Crippen molar-refractivity contribution in [1.82, 2.24) is 9.88 Å². The summed E-state index contributed by atoms with van der Waals surface area (Å²) in [4.78, 5) is 6.69. The van der Waals surface area contributed by atoms with Gasteiger partial charge in [0, 0.05) is 31.8 Å². The van der Waals surface area contributed by atoms with Crippen molar-refractivity contribution in [3.63, 3.8) is 0 Å². The summed E-state index contributed by atoms with van der Waals surface area (Å²) >= 11 is 0. The molecule has 3 rings (SSSR count). The number of hydrogen-bond acceptors (Lipinski definition) is 5. The fraction of sp³-hybridized carbons (Fsp3) is 0.353. The van der Waals surface area contributed by atoms with E-state index < -0.39 is 0 Å². The highest BCUT2D eigenvalue weighted by atomic mass is 16.5. The molecule has 0 atom stereocenters. The molecule has 0 unspecified atom stereocenters. The van der Waals surface area contributed by atoms with E-state index in [0.717, 1.165) is 38.6 Å². The van der Waals surface area contributed by atoms with Crippen LogP contribution < -0.4 is 9.47 Å². The minimum atomic E-state index is 0.537. The van der Waals surface area contributed by atoms with Crippen LogP contribution in [0.1, 0.15) is 0 Å². The van der Waals surface area contributed by atoms with Gasteiger partial charge in [-0.15, -0.1) is 0 Å². The van der Waals surface area contributed by atoms with Gasteiger partial charge in [-0.1, -0.05) is 24.3 Å². The van der Waals surface area contributed by atoms with E-state index in [1.807, 2.05) is 48.5 Å². The van der Waals surface area contributed by atoms with Crippen LogP contribution in [0.3, 0.4) is 0 Å². The minimum Gasteiger partial charge on any atom is -0.476 e. The van der Waals surface area contributed by atoms with E-state index in [1.165, 1.54) is 0 Å². The quantitative estimate of drug-likeness (QED) is 0.820. The summed E-state index contributed by atoms with van der Waals surface area (Å²) < 4.78 is 16.7. The van der Waals surface area contributed by atoms with E-state index in [-0.39, 0.29) is 0 Å². The first-order chi connectivity index (χ1) is 10.9. The van der Waals surface area contributed by atoms with Crippen LogP contribution in [-0.2, 0) is 4.74 Å². The van der Waals surface area contributed by atoms with Crippen LogP contribution in [0, 0.1) is 0 Å². The summed E-state index contributed by atoms with van der Waals surface area (Å²) in [6.45, 7) is 5.04. The Hall–Kier alpha value is -2.11. The molecule has 0 radical (unpaired) electrons. The molecular weight excluding hydrogens is 280 g/mol. The second-order valence-corrected chi connectivity index (χ2v) is 5.03. The Morgan fingerprint density at radius 1 is 0.955 bits per heavy atom. The monoisotopic (exact) mass is 300 g/mol. The van der Waals surface area contributed by atoms with Gasteiger partial charge in [0.15, 0.2) is 0 Å². The number of rotatable bonds is 6. The Kier molecular flexibility index (Phi) is 5.23. The van der Waals surface area contributed by atoms with Gasteiger partial charge in [0.05, 0.1) is 13.2 Å². The molecule has 0 N–H and O–H groups in total. The van der Waals surface area contributed by atoms with Gasteiger partial charge in [0.25, 0.3) is 0 Å². The van der Waals surface area contributed by atoms with Crippen molar-refractivity contribution < 1.29 is 14.2 Å². The number of pyridine rings is 1. The molecule has 2 aromatic rings. The van der Waals surface area contributed by atoms with E-state index in [4.69, 9.17) is 14.2 Å². The zero-order chi connectivity index (χ0) is 15.0. The highest BCUT2D eigenvalue weighted by Crippen LogP contribution is 2.20. The van der Waals surface area contributed by atoms with Crippen LogP contribution in [0.25, 0.3) is 0 Å². The standard InChI is InChI=1S/C17H20N2O3/c1-2-5-15(6-3-1)22-17-8-4-7-16(18-17)21-14-11-19-9-12-20-13-10-19/h1-8H,9-14H2. The number of aromatic nitrogens is 1. The third-order valence-electron chi connectivity index (χ3n) is 3.42. The Morgan fingerprint density at radius 2 is 1.73 bits per heavy atom. The zero-order valence-corrected chi connectivity index (χ0v) is 12.5. The fourth-order valence-electron chi connectivity index (χ4n) is 2.25. The van der Waals surface area contributed by atoms with Crippen LogP contribution in [0.15, 0.2) is 48.5 Å². The molecule has 1 aromatic carbocycles. The van der Waals surface area contributed by atoms with Crippen molar-refractivity contribution in [3.8, 4) is 17.5 Å². The van der Waals surface area contributed by atoms with Crippen LogP contribution in [-0.4, -0.2) is 49.3 Å². The van der Waals surface area contributed by atoms with Crippen molar-refractivity contribution in [2.45, 2.75) is 0 Å². The molecule has 1 fully saturated rings. The first-order valence-electron chi connectivity index (χ1n) is 7.53. The largest absolute Gasteiger partial charge is 0.476 e. The predicted octanol–water partition coefficient (Wildman–Crippen LogP) is 2.58. The molecule has 0 saturated carbocycles. The van der Waals surface area contributed by atoms with Gasteiger partial charge in [-0.05, 0) is 12.1 Å². The minimum absolute atomic E-state index is 0.537. The third kappa shape index (κ3) is 4.44. The Morgan fingerprint density at radius 3 is 2.55 bits per heavy atom. The van der Waals surface area contributed by atoms with Crippen LogP contribution in [0.5, 0.6) is 17.5 Å². The average Bonchev–Trinajstić information content (AvgIpc) is 2.57. The molecule has 0 aliphatic carbocycles. The molecule has 22 heavy (non-hydrogen) atoms. The molecule has 1 saturated heterocycles. The summed E-state index contributed by atoms with van der Waals surface area (Å²) in [6.07, 6.45) is 0. The molecule has 0 amide bonds. The van der Waals surface area contributed by atoms with Gasteiger partial charge in [-0.2, -0.15) is 4.98 Å². The summed E-state index contributed by atoms with van der Waals surface area (Å²) in [5.74, 6) is 1.89. The second-order valence-electron chi connectivity index (χ2n) is 5.03. The first-order valence-corrected chi connectivity index (χ1v) is 7.53. The maximum absolute atomic E-state index is 5.71. The van der Waals surface area contributed by atoms with Crippen LogP contribution in [0.4, 0.5) is 0 Å². The van der Waals surface area contributed by atoms with E-state index in [2.05, 4.69) is 9.88 Å². The molecule has 0 bridgehead atoms. The summed E-state index contributed by atoms with van der Waals surface area (Å²) in [7, 11) is 0. The highest BCUT2D eigenvalue weighted by Gasteiger charge is 2.10. The Balaban J connectivity index is 1.50. The lowest BCUT2D eigenvalue weighted by Crippen LogP contribution is -2.38. The van der Waals surface area contributed by atoms with E-state index in [1.54, 1.807) is 0 Å². The molecule has 0 spiro atoms. The number of benzene rings is 1. The number of nitrogens with zero attached hydrogens (tertiary/aromatic N) is 2. The van der Waals surface area contributed by atoms with Crippen molar-refractivity contribution in [3.05, 3.63) is 48.5 Å². The maximum atomic E-state index is 5.71. The molecule has 5 heteroatoms. The van der Waals surface area contributed by atoms with Crippen LogP contribution in [0.2, 0.25) is 0 Å². The van der Waals surface area contributed by atoms with E-state index in [9.17, 15) is 0 Å². The van der Waals surface area contributed by atoms with Crippen molar-refractivity contribution in [2.24, 2.45) is 0 Å². The van der Waals surface area contributed by atoms with E-state index in [0.29, 0.717) is 18.4 Å². The Bertz CT molecular complexity index is 571. The van der Waals surface area contributed by atoms with Crippen molar-refractivity contribution >= 4 is 0 Å². The fourth-order valence-corrected chi connectivity index (χ4v) is 2.25. The molecule has 116 valence electrons. The third-order valence-corrected chi connectivity index (χ3v) is 3.42. The molecule has 1 aromatic heterocycles. The first kappa shape index (κ1) is 14.8. The van der Waals surface area contributed by atoms with Gasteiger partial charge >= 0.3 is 0 Å². The normalized spacial score (nSPS) is 15.5. The lowest BCUT2D eigenvalue weighted by molar-refractivity contribution is 0.0320. The smallest absolute Gasteiger partial charge is 0.222 e. The molecule has 2 heterocycles. The number of ether oxygens (including phenoxy) is 3. The summed E-state index contributed by atoms with van der Waals surface area (Å²) in [5.41, 5.74) is 0.